The van der Waals surface area contributed by atoms with Crippen molar-refractivity contribution in [2.45, 2.75) is 39.2 Å². The van der Waals surface area contributed by atoms with Crippen LogP contribution in [-0.4, -0.2) is 44.6 Å². The second kappa shape index (κ2) is 12.5. The van der Waals surface area contributed by atoms with Crippen LogP contribution in [0.15, 0.2) is 36.4 Å². The van der Waals surface area contributed by atoms with Crippen molar-refractivity contribution in [2.75, 3.05) is 32.2 Å². The van der Waals surface area contributed by atoms with Gasteiger partial charge in [0, 0.05) is 31.6 Å². The molecule has 0 radical (unpaired) electrons. The molecule has 3 rings (SSSR count). The third kappa shape index (κ3) is 7.40. The first-order valence-electron chi connectivity index (χ1n) is 11.4. The number of rotatable bonds is 12. The number of hydrogen-bond donors (Lipinski definition) is 3. The van der Waals surface area contributed by atoms with Gasteiger partial charge in [0.1, 0.15) is 5.75 Å². The molecule has 0 aliphatic carbocycles. The molecule has 2 aromatic carbocycles. The number of methoxy groups -OCH3 is 1. The van der Waals surface area contributed by atoms with Crippen molar-refractivity contribution < 1.29 is 28.6 Å². The van der Waals surface area contributed by atoms with Gasteiger partial charge in [0.2, 0.25) is 11.8 Å². The van der Waals surface area contributed by atoms with Crippen LogP contribution in [-0.2, 0) is 27.3 Å². The van der Waals surface area contributed by atoms with E-state index in [1.54, 1.807) is 12.1 Å². The highest BCUT2D eigenvalue weighted by molar-refractivity contribution is 5.94. The maximum Gasteiger partial charge on any atom is 0.257 e. The van der Waals surface area contributed by atoms with Crippen LogP contribution < -0.4 is 30.2 Å². The zero-order valence-electron chi connectivity index (χ0n) is 19.6. The number of amides is 3. The molecule has 182 valence electrons. The second-order valence-corrected chi connectivity index (χ2v) is 7.82. The molecule has 0 bridgehead atoms. The minimum atomic E-state index is -0.204. The fraction of sp³-hybridized carbons (Fsp3) is 0.400. The monoisotopic (exact) mass is 469 g/mol. The maximum absolute atomic E-state index is 12.2. The van der Waals surface area contributed by atoms with Crippen molar-refractivity contribution >= 4 is 23.4 Å². The third-order valence-corrected chi connectivity index (χ3v) is 5.24. The van der Waals surface area contributed by atoms with Crippen molar-refractivity contribution in [3.63, 3.8) is 0 Å². The van der Waals surface area contributed by atoms with E-state index >= 15 is 0 Å². The molecular weight excluding hydrogens is 438 g/mol. The normalized spacial score (nSPS) is 12.2. The zero-order valence-corrected chi connectivity index (χ0v) is 19.6. The summed E-state index contributed by atoms with van der Waals surface area (Å²) >= 11 is 0. The largest absolute Gasteiger partial charge is 0.494 e. The average molecular weight is 470 g/mol. The average Bonchev–Trinajstić information content (AvgIpc) is 2.84. The van der Waals surface area contributed by atoms with Gasteiger partial charge in [0.15, 0.2) is 18.1 Å². The Morgan fingerprint density at radius 1 is 1.00 bits per heavy atom. The summed E-state index contributed by atoms with van der Waals surface area (Å²) in [5, 5.41) is 8.40. The van der Waals surface area contributed by atoms with Crippen LogP contribution in [0.1, 0.15) is 37.3 Å². The van der Waals surface area contributed by atoms with Gasteiger partial charge in [-0.2, -0.15) is 0 Å². The van der Waals surface area contributed by atoms with Crippen molar-refractivity contribution in [1.29, 1.82) is 0 Å². The number of anilines is 1. The van der Waals surface area contributed by atoms with E-state index in [9.17, 15) is 14.4 Å². The van der Waals surface area contributed by atoms with Gasteiger partial charge in [-0.25, -0.2) is 0 Å². The van der Waals surface area contributed by atoms with E-state index in [0.717, 1.165) is 22.6 Å². The summed E-state index contributed by atoms with van der Waals surface area (Å²) in [7, 11) is 1.52. The van der Waals surface area contributed by atoms with Gasteiger partial charge in [0.25, 0.3) is 5.91 Å². The fourth-order valence-electron chi connectivity index (χ4n) is 3.49. The van der Waals surface area contributed by atoms with Crippen molar-refractivity contribution in [2.24, 2.45) is 0 Å². The lowest BCUT2D eigenvalue weighted by molar-refractivity contribution is -0.123. The molecule has 9 nitrogen and oxygen atoms in total. The summed E-state index contributed by atoms with van der Waals surface area (Å²) in [5.41, 5.74) is 2.75. The van der Waals surface area contributed by atoms with E-state index in [2.05, 4.69) is 16.0 Å². The Morgan fingerprint density at radius 2 is 1.85 bits per heavy atom. The molecule has 1 aliphatic heterocycles. The van der Waals surface area contributed by atoms with E-state index in [1.165, 1.54) is 7.11 Å². The van der Waals surface area contributed by atoms with Crippen LogP contribution >= 0.6 is 0 Å². The first-order valence-corrected chi connectivity index (χ1v) is 11.4. The number of benzene rings is 2. The zero-order chi connectivity index (χ0) is 24.3. The SMILES string of the molecule is CCNC(=O)COc1ccc(CNC(=O)CCCOc2ccc3c(c2)CCC(=O)N3)cc1OC. The van der Waals surface area contributed by atoms with Gasteiger partial charge in [0.05, 0.1) is 13.7 Å². The number of carbonyl (C=O) groups is 3. The summed E-state index contributed by atoms with van der Waals surface area (Å²) in [6.45, 7) is 3.06. The lowest BCUT2D eigenvalue weighted by Gasteiger charge is -2.17. The molecule has 0 fully saturated rings. The quantitative estimate of drug-likeness (QED) is 0.412. The smallest absolute Gasteiger partial charge is 0.257 e. The van der Waals surface area contributed by atoms with Crippen molar-refractivity contribution in [1.82, 2.24) is 10.6 Å². The molecule has 0 atom stereocenters. The van der Waals surface area contributed by atoms with Gasteiger partial charge < -0.3 is 30.2 Å². The molecule has 0 aromatic heterocycles. The summed E-state index contributed by atoms with van der Waals surface area (Å²) < 4.78 is 16.6. The molecule has 3 amide bonds. The lowest BCUT2D eigenvalue weighted by atomic mass is 10.0. The molecule has 1 heterocycles. The fourth-order valence-corrected chi connectivity index (χ4v) is 3.49. The molecule has 0 saturated heterocycles. The number of carbonyl (C=O) groups excluding carboxylic acids is 3. The minimum absolute atomic E-state index is 0.0337. The van der Waals surface area contributed by atoms with Gasteiger partial charge in [-0.15, -0.1) is 0 Å². The Bertz CT molecular complexity index is 1020. The standard InChI is InChI=1S/C25H31N3O6/c1-3-26-25(31)16-34-21-10-6-17(13-22(21)32-2)15-27-23(29)5-4-12-33-19-8-9-20-18(14-19)7-11-24(30)28-20/h6,8-10,13-14H,3-5,7,11-12,15-16H2,1-2H3,(H,26,31)(H,27,29)(H,28,30). The van der Waals surface area contributed by atoms with Crippen LogP contribution in [0.3, 0.4) is 0 Å². The first-order chi connectivity index (χ1) is 16.5. The van der Waals surface area contributed by atoms with Crippen LogP contribution in [0.5, 0.6) is 17.2 Å². The van der Waals surface area contributed by atoms with Crippen LogP contribution in [0.4, 0.5) is 5.69 Å². The molecule has 34 heavy (non-hydrogen) atoms. The van der Waals surface area contributed by atoms with E-state index < -0.39 is 0 Å². The first kappa shape index (κ1) is 24.9. The predicted octanol–water partition coefficient (Wildman–Crippen LogP) is 2.57. The summed E-state index contributed by atoms with van der Waals surface area (Å²) in [6.07, 6.45) is 2.10. The highest BCUT2D eigenvalue weighted by atomic mass is 16.5. The van der Waals surface area contributed by atoms with Crippen LogP contribution in [0, 0.1) is 0 Å². The number of likely N-dealkylation sites (N-methyl/N-ethyl adjacent to an activating group) is 1. The molecule has 1 aliphatic rings. The predicted molar refractivity (Wildman–Crippen MR) is 127 cm³/mol. The molecule has 0 unspecified atom stereocenters. The Labute approximate surface area is 199 Å². The van der Waals surface area contributed by atoms with E-state index in [1.807, 2.05) is 31.2 Å². The second-order valence-electron chi connectivity index (χ2n) is 7.82. The van der Waals surface area contributed by atoms with Gasteiger partial charge in [-0.1, -0.05) is 6.07 Å². The van der Waals surface area contributed by atoms with Crippen LogP contribution in [0.25, 0.3) is 0 Å². The van der Waals surface area contributed by atoms with E-state index in [-0.39, 0.29) is 24.3 Å². The van der Waals surface area contributed by atoms with Crippen molar-refractivity contribution in [3.05, 3.63) is 47.5 Å². The Balaban J connectivity index is 1.38. The number of nitrogens with one attached hydrogen (secondary N) is 3. The number of aryl methyl sites for hydroxylation is 1. The number of fused-ring (bicyclic) bond motifs is 1. The maximum atomic E-state index is 12.2. The van der Waals surface area contributed by atoms with Crippen LogP contribution in [0.2, 0.25) is 0 Å². The molecule has 9 heteroatoms. The third-order valence-electron chi connectivity index (χ3n) is 5.24. The van der Waals surface area contributed by atoms with Gasteiger partial charge >= 0.3 is 0 Å². The summed E-state index contributed by atoms with van der Waals surface area (Å²) in [4.78, 5) is 35.2. The van der Waals surface area contributed by atoms with Crippen molar-refractivity contribution in [3.8, 4) is 17.2 Å². The molecule has 0 spiro atoms. The lowest BCUT2D eigenvalue weighted by Crippen LogP contribution is -2.28. The Morgan fingerprint density at radius 3 is 2.65 bits per heavy atom. The molecule has 3 N–H and O–H groups in total. The number of ether oxygens (including phenoxy) is 3. The highest BCUT2D eigenvalue weighted by Gasteiger charge is 2.15. The number of hydrogen-bond acceptors (Lipinski definition) is 6. The topological polar surface area (TPSA) is 115 Å². The van der Waals surface area contributed by atoms with E-state index in [0.29, 0.717) is 56.9 Å². The Kier molecular flexibility index (Phi) is 9.13. The minimum Gasteiger partial charge on any atom is -0.494 e. The summed E-state index contributed by atoms with van der Waals surface area (Å²) in [5.74, 6) is 1.44. The molecule has 0 saturated carbocycles. The van der Waals surface area contributed by atoms with E-state index in [4.69, 9.17) is 14.2 Å². The van der Waals surface area contributed by atoms with Gasteiger partial charge in [-0.3, -0.25) is 14.4 Å². The van der Waals surface area contributed by atoms with Gasteiger partial charge in [-0.05, 0) is 61.2 Å². The Hall–Kier alpha value is -3.75. The molecular formula is C25H31N3O6. The summed E-state index contributed by atoms with van der Waals surface area (Å²) in [6, 6.07) is 10.9. The highest BCUT2D eigenvalue weighted by Crippen LogP contribution is 2.28. The molecule has 2 aromatic rings.